The van der Waals surface area contributed by atoms with Crippen molar-refractivity contribution in [3.05, 3.63) is 59.9 Å². The molecule has 0 radical (unpaired) electrons. The summed E-state index contributed by atoms with van der Waals surface area (Å²) in [6.45, 7) is 1.96. The largest absolute Gasteiger partial charge is 0.360 e. The first-order valence-electron chi connectivity index (χ1n) is 9.10. The van der Waals surface area contributed by atoms with Crippen LogP contribution in [0.4, 0.5) is 0 Å². The Morgan fingerprint density at radius 3 is 2.54 bits per heavy atom. The molecule has 0 unspecified atom stereocenters. The zero-order valence-corrected chi connectivity index (χ0v) is 14.8. The molecule has 24 heavy (non-hydrogen) atoms. The molecule has 0 bridgehead atoms. The topological polar surface area (TPSA) is 20.2 Å². The number of hydrogen-bond donors (Lipinski definition) is 1. The zero-order valence-electron chi connectivity index (χ0n) is 14.0. The molecule has 1 aromatic carbocycles. The molecule has 4 rings (SSSR count). The van der Waals surface area contributed by atoms with Crippen LogP contribution in [0.15, 0.2) is 48.7 Å². The Labute approximate surface area is 149 Å². The molecule has 1 aliphatic carbocycles. The molecule has 4 heteroatoms. The first-order chi connectivity index (χ1) is 11.8. The molecule has 2 aliphatic rings. The fourth-order valence-electron chi connectivity index (χ4n) is 4.09. The maximum absolute atomic E-state index is 5.84. The minimum atomic E-state index is 0.207. The highest BCUT2D eigenvalue weighted by molar-refractivity contribution is 7.80. The van der Waals surface area contributed by atoms with E-state index >= 15 is 0 Å². The van der Waals surface area contributed by atoms with Crippen LogP contribution in [0.25, 0.3) is 0 Å². The summed E-state index contributed by atoms with van der Waals surface area (Å²) >= 11 is 5.84. The summed E-state index contributed by atoms with van der Waals surface area (Å²) in [6.07, 6.45) is 8.70. The van der Waals surface area contributed by atoms with Crippen LogP contribution in [0, 0.1) is 0 Å². The molecule has 2 heterocycles. The third-order valence-corrected chi connectivity index (χ3v) is 5.70. The summed E-state index contributed by atoms with van der Waals surface area (Å²) in [7, 11) is 0. The lowest BCUT2D eigenvalue weighted by Gasteiger charge is -2.40. The van der Waals surface area contributed by atoms with Crippen LogP contribution in [0.3, 0.4) is 0 Å². The van der Waals surface area contributed by atoms with E-state index in [9.17, 15) is 0 Å². The minimum Gasteiger partial charge on any atom is -0.360 e. The van der Waals surface area contributed by atoms with Crippen molar-refractivity contribution in [2.75, 3.05) is 6.54 Å². The van der Waals surface area contributed by atoms with E-state index in [4.69, 9.17) is 12.2 Å². The van der Waals surface area contributed by atoms with Gasteiger partial charge in [-0.15, -0.1) is 0 Å². The molecule has 1 aromatic heterocycles. The Morgan fingerprint density at radius 1 is 0.958 bits per heavy atom. The summed E-state index contributed by atoms with van der Waals surface area (Å²) in [5, 5.41) is 4.58. The van der Waals surface area contributed by atoms with E-state index in [-0.39, 0.29) is 6.04 Å². The molecule has 126 valence electrons. The molecular formula is C20H25N3S. The first-order valence-corrected chi connectivity index (χ1v) is 9.51. The van der Waals surface area contributed by atoms with Crippen molar-refractivity contribution in [3.8, 4) is 0 Å². The number of aromatic nitrogens is 1. The van der Waals surface area contributed by atoms with Crippen molar-refractivity contribution < 1.29 is 0 Å². The maximum atomic E-state index is 5.84. The highest BCUT2D eigenvalue weighted by Crippen LogP contribution is 2.32. The van der Waals surface area contributed by atoms with E-state index < -0.39 is 0 Å². The lowest BCUT2D eigenvalue weighted by Crippen LogP contribution is -2.50. The van der Waals surface area contributed by atoms with Crippen molar-refractivity contribution in [1.29, 1.82) is 0 Å². The van der Waals surface area contributed by atoms with Crippen LogP contribution in [0.1, 0.15) is 49.4 Å². The van der Waals surface area contributed by atoms with E-state index in [1.807, 2.05) is 0 Å². The quantitative estimate of drug-likeness (QED) is 0.832. The van der Waals surface area contributed by atoms with Gasteiger partial charge in [0.25, 0.3) is 0 Å². The monoisotopic (exact) mass is 339 g/mol. The number of rotatable bonds is 2. The van der Waals surface area contributed by atoms with Gasteiger partial charge < -0.3 is 14.8 Å². The Balaban J connectivity index is 1.60. The Hall–Kier alpha value is -1.81. The van der Waals surface area contributed by atoms with Crippen molar-refractivity contribution in [1.82, 2.24) is 14.8 Å². The van der Waals surface area contributed by atoms with Crippen LogP contribution in [0.2, 0.25) is 0 Å². The van der Waals surface area contributed by atoms with Gasteiger partial charge in [0.1, 0.15) is 0 Å². The summed E-state index contributed by atoms with van der Waals surface area (Å²) < 4.78 is 2.36. The summed E-state index contributed by atoms with van der Waals surface area (Å²) in [4.78, 5) is 2.38. The first kappa shape index (κ1) is 15.7. The van der Waals surface area contributed by atoms with Crippen LogP contribution in [-0.2, 0) is 6.54 Å². The van der Waals surface area contributed by atoms with E-state index in [2.05, 4.69) is 63.4 Å². The number of nitrogens with one attached hydrogen (secondary N) is 1. The van der Waals surface area contributed by atoms with E-state index in [0.29, 0.717) is 6.04 Å². The van der Waals surface area contributed by atoms with Crippen LogP contribution < -0.4 is 5.32 Å². The predicted molar refractivity (Wildman–Crippen MR) is 102 cm³/mol. The number of hydrogen-bond acceptors (Lipinski definition) is 1. The summed E-state index contributed by atoms with van der Waals surface area (Å²) in [5.41, 5.74) is 2.64. The summed E-state index contributed by atoms with van der Waals surface area (Å²) in [5.74, 6) is 0. The second-order valence-electron chi connectivity index (χ2n) is 6.92. The van der Waals surface area contributed by atoms with Crippen LogP contribution >= 0.6 is 12.2 Å². The van der Waals surface area contributed by atoms with Crippen LogP contribution in [0.5, 0.6) is 0 Å². The molecule has 3 nitrogen and oxygen atoms in total. The minimum absolute atomic E-state index is 0.207. The molecule has 0 saturated heterocycles. The van der Waals surface area contributed by atoms with Gasteiger partial charge in [0, 0.05) is 31.0 Å². The van der Waals surface area contributed by atoms with Gasteiger partial charge in [-0.3, -0.25) is 0 Å². The fourth-order valence-corrected chi connectivity index (χ4v) is 4.46. The second kappa shape index (κ2) is 6.98. The Morgan fingerprint density at radius 2 is 1.75 bits per heavy atom. The Bertz CT molecular complexity index is 688. The molecule has 0 amide bonds. The van der Waals surface area contributed by atoms with Gasteiger partial charge in [-0.05, 0) is 42.8 Å². The SMILES string of the molecule is S=C(NC1CCCCC1)N1CCn2cccc2[C@H]1c1ccccc1. The van der Waals surface area contributed by atoms with E-state index in [0.717, 1.165) is 18.2 Å². The van der Waals surface area contributed by atoms with Crippen LogP contribution in [-0.4, -0.2) is 27.2 Å². The third-order valence-electron chi connectivity index (χ3n) is 5.35. The summed E-state index contributed by atoms with van der Waals surface area (Å²) in [6, 6.07) is 15.9. The number of fused-ring (bicyclic) bond motifs is 1. The molecule has 0 spiro atoms. The molecule has 1 saturated carbocycles. The zero-order chi connectivity index (χ0) is 16.4. The fraction of sp³-hybridized carbons (Fsp3) is 0.450. The maximum Gasteiger partial charge on any atom is 0.170 e. The number of nitrogens with zero attached hydrogens (tertiary/aromatic N) is 2. The normalized spacial score (nSPS) is 21.3. The van der Waals surface area contributed by atoms with Crippen molar-refractivity contribution in [3.63, 3.8) is 0 Å². The van der Waals surface area contributed by atoms with E-state index in [1.165, 1.54) is 43.4 Å². The average molecular weight is 340 g/mol. The number of thiocarbonyl (C=S) groups is 1. The van der Waals surface area contributed by atoms with Gasteiger partial charge in [0.15, 0.2) is 5.11 Å². The average Bonchev–Trinajstić information content (AvgIpc) is 3.11. The molecule has 1 aliphatic heterocycles. The van der Waals surface area contributed by atoms with Gasteiger partial charge in [-0.1, -0.05) is 49.6 Å². The second-order valence-corrected chi connectivity index (χ2v) is 7.30. The van der Waals surface area contributed by atoms with Gasteiger partial charge in [0.2, 0.25) is 0 Å². The highest BCUT2D eigenvalue weighted by Gasteiger charge is 2.31. The molecule has 1 atom stereocenters. The molecule has 1 fully saturated rings. The smallest absolute Gasteiger partial charge is 0.170 e. The van der Waals surface area contributed by atoms with E-state index in [1.54, 1.807) is 0 Å². The van der Waals surface area contributed by atoms with Crippen molar-refractivity contribution in [2.24, 2.45) is 0 Å². The standard InChI is InChI=1S/C20H25N3S/c24-20(21-17-10-5-2-6-11-17)23-15-14-22-13-7-12-18(22)19(23)16-8-3-1-4-9-16/h1,3-4,7-9,12-13,17,19H,2,5-6,10-11,14-15H2,(H,21,24)/t19-/m1/s1. The lowest BCUT2D eigenvalue weighted by atomic mass is 9.95. The highest BCUT2D eigenvalue weighted by atomic mass is 32.1. The van der Waals surface area contributed by atoms with Gasteiger partial charge in [-0.2, -0.15) is 0 Å². The van der Waals surface area contributed by atoms with Gasteiger partial charge in [0.05, 0.1) is 6.04 Å². The van der Waals surface area contributed by atoms with Crippen molar-refractivity contribution >= 4 is 17.3 Å². The molecule has 1 N–H and O–H groups in total. The Kier molecular flexibility index (Phi) is 4.56. The number of benzene rings is 1. The van der Waals surface area contributed by atoms with Crippen molar-refractivity contribution in [2.45, 2.75) is 50.7 Å². The lowest BCUT2D eigenvalue weighted by molar-refractivity contribution is 0.278. The predicted octanol–water partition coefficient (Wildman–Crippen LogP) is 4.10. The molecule has 2 aromatic rings. The third kappa shape index (κ3) is 3.07. The van der Waals surface area contributed by atoms with Gasteiger partial charge in [-0.25, -0.2) is 0 Å². The van der Waals surface area contributed by atoms with Gasteiger partial charge >= 0.3 is 0 Å². The molecular weight excluding hydrogens is 314 g/mol.